The first-order valence-corrected chi connectivity index (χ1v) is 11.5. The van der Waals surface area contributed by atoms with Gasteiger partial charge in [0.15, 0.2) is 10.3 Å². The molecule has 0 aliphatic carbocycles. The number of amides is 1. The van der Waals surface area contributed by atoms with Gasteiger partial charge in [-0.1, -0.05) is 29.5 Å². The van der Waals surface area contributed by atoms with Gasteiger partial charge in [-0.05, 0) is 49.7 Å². The highest BCUT2D eigenvalue weighted by Gasteiger charge is 2.13. The number of carbonyl (C=O) groups excluding carboxylic acids is 1. The summed E-state index contributed by atoms with van der Waals surface area (Å²) >= 11 is 2.80. The molecule has 2 aromatic heterocycles. The Morgan fingerprint density at radius 3 is 2.74 bits per heavy atom. The van der Waals surface area contributed by atoms with Crippen molar-refractivity contribution in [3.05, 3.63) is 71.4 Å². The summed E-state index contributed by atoms with van der Waals surface area (Å²) in [7, 11) is 1.64. The van der Waals surface area contributed by atoms with Gasteiger partial charge >= 0.3 is 0 Å². The lowest BCUT2D eigenvalue weighted by atomic mass is 10.1. The lowest BCUT2D eigenvalue weighted by molar-refractivity contribution is -0.113. The summed E-state index contributed by atoms with van der Waals surface area (Å²) in [5, 5.41) is 6.16. The summed E-state index contributed by atoms with van der Waals surface area (Å²) in [6.45, 7) is 4.15. The number of nitrogens with zero attached hydrogens (tertiary/aromatic N) is 3. The van der Waals surface area contributed by atoms with Crippen LogP contribution in [0.4, 0.5) is 5.13 Å². The Kier molecular flexibility index (Phi) is 6.39. The molecular formula is C23H22N4O2S2. The van der Waals surface area contributed by atoms with Gasteiger partial charge < -0.3 is 10.1 Å². The molecule has 31 heavy (non-hydrogen) atoms. The standard InChI is InChI=1S/C23H22N4O2S2/c1-15-4-9-20(16(2)12-15)27-11-10-24-23(27)31-14-21(28)26-22-25-19(13-30-22)17-5-7-18(29-3)8-6-17/h4-13H,14H2,1-3H3,(H,25,26,28). The molecule has 6 nitrogen and oxygen atoms in total. The first-order chi connectivity index (χ1) is 15.0. The number of nitrogens with one attached hydrogen (secondary N) is 1. The van der Waals surface area contributed by atoms with Gasteiger partial charge in [-0.15, -0.1) is 11.3 Å². The maximum absolute atomic E-state index is 12.5. The molecule has 0 saturated heterocycles. The average Bonchev–Trinajstić information content (AvgIpc) is 3.42. The molecule has 2 heterocycles. The van der Waals surface area contributed by atoms with E-state index in [2.05, 4.69) is 47.3 Å². The van der Waals surface area contributed by atoms with E-state index < -0.39 is 0 Å². The van der Waals surface area contributed by atoms with E-state index in [1.54, 1.807) is 13.3 Å². The Hall–Kier alpha value is -3.10. The van der Waals surface area contributed by atoms with E-state index >= 15 is 0 Å². The fraction of sp³-hybridized carbons (Fsp3) is 0.174. The zero-order valence-corrected chi connectivity index (χ0v) is 19.1. The summed E-state index contributed by atoms with van der Waals surface area (Å²) in [6.07, 6.45) is 3.67. The molecule has 0 aliphatic heterocycles. The van der Waals surface area contributed by atoms with Crippen molar-refractivity contribution in [2.75, 3.05) is 18.2 Å². The number of ether oxygens (including phenoxy) is 1. The van der Waals surface area contributed by atoms with Crippen LogP contribution in [0.25, 0.3) is 16.9 Å². The van der Waals surface area contributed by atoms with Crippen LogP contribution in [0.1, 0.15) is 11.1 Å². The summed E-state index contributed by atoms with van der Waals surface area (Å²) < 4.78 is 7.20. The van der Waals surface area contributed by atoms with Crippen molar-refractivity contribution in [1.82, 2.24) is 14.5 Å². The summed E-state index contributed by atoms with van der Waals surface area (Å²) in [5.74, 6) is 0.929. The van der Waals surface area contributed by atoms with E-state index in [9.17, 15) is 4.79 Å². The van der Waals surface area contributed by atoms with E-state index in [-0.39, 0.29) is 11.7 Å². The Labute approximate surface area is 189 Å². The molecular weight excluding hydrogens is 428 g/mol. The molecule has 158 valence electrons. The van der Waals surface area contributed by atoms with Crippen LogP contribution in [-0.2, 0) is 4.79 Å². The molecule has 8 heteroatoms. The molecule has 0 saturated carbocycles. The number of aromatic nitrogens is 3. The van der Waals surface area contributed by atoms with E-state index in [0.717, 1.165) is 33.4 Å². The number of methoxy groups -OCH3 is 1. The number of anilines is 1. The first kappa shape index (κ1) is 21.1. The zero-order valence-electron chi connectivity index (χ0n) is 17.5. The SMILES string of the molecule is COc1ccc(-c2csc(NC(=O)CSc3nccn3-c3ccc(C)cc3C)n2)cc1. The number of thiazole rings is 1. The van der Waals surface area contributed by atoms with Gasteiger partial charge in [-0.2, -0.15) is 0 Å². The third-order valence-corrected chi connectivity index (χ3v) is 6.41. The van der Waals surface area contributed by atoms with Crippen molar-refractivity contribution < 1.29 is 9.53 Å². The number of benzene rings is 2. The van der Waals surface area contributed by atoms with Crippen molar-refractivity contribution >= 4 is 34.1 Å². The van der Waals surface area contributed by atoms with Gasteiger partial charge in [0.25, 0.3) is 0 Å². The molecule has 0 aliphatic rings. The predicted molar refractivity (Wildman–Crippen MR) is 126 cm³/mol. The van der Waals surface area contributed by atoms with Crippen LogP contribution in [0.2, 0.25) is 0 Å². The van der Waals surface area contributed by atoms with E-state index in [1.807, 2.05) is 40.4 Å². The Morgan fingerprint density at radius 1 is 1.19 bits per heavy atom. The van der Waals surface area contributed by atoms with Crippen molar-refractivity contribution in [3.63, 3.8) is 0 Å². The van der Waals surface area contributed by atoms with Crippen LogP contribution in [0.15, 0.2) is 65.4 Å². The second kappa shape index (κ2) is 9.36. The van der Waals surface area contributed by atoms with Gasteiger partial charge in [0.2, 0.25) is 5.91 Å². The number of thioether (sulfide) groups is 1. The smallest absolute Gasteiger partial charge is 0.236 e. The van der Waals surface area contributed by atoms with Crippen molar-refractivity contribution in [3.8, 4) is 22.7 Å². The van der Waals surface area contributed by atoms with Crippen molar-refractivity contribution in [2.24, 2.45) is 0 Å². The summed E-state index contributed by atoms with van der Waals surface area (Å²) in [6, 6.07) is 14.0. The number of hydrogen-bond acceptors (Lipinski definition) is 6. The number of carbonyl (C=O) groups is 1. The van der Waals surface area contributed by atoms with E-state index in [4.69, 9.17) is 4.74 Å². The van der Waals surface area contributed by atoms with Gasteiger partial charge in [0, 0.05) is 23.3 Å². The molecule has 1 amide bonds. The minimum Gasteiger partial charge on any atom is -0.497 e. The minimum absolute atomic E-state index is 0.115. The highest BCUT2D eigenvalue weighted by Crippen LogP contribution is 2.27. The topological polar surface area (TPSA) is 69.0 Å². The average molecular weight is 451 g/mol. The lowest BCUT2D eigenvalue weighted by Crippen LogP contribution is -2.14. The van der Waals surface area contributed by atoms with E-state index in [0.29, 0.717) is 5.13 Å². The highest BCUT2D eigenvalue weighted by molar-refractivity contribution is 7.99. The van der Waals surface area contributed by atoms with Crippen LogP contribution in [0.3, 0.4) is 0 Å². The molecule has 0 atom stereocenters. The number of aryl methyl sites for hydroxylation is 2. The van der Waals surface area contributed by atoms with Crippen LogP contribution in [-0.4, -0.2) is 33.3 Å². The second-order valence-corrected chi connectivity index (χ2v) is 8.77. The van der Waals surface area contributed by atoms with Gasteiger partial charge in [-0.3, -0.25) is 9.36 Å². The number of rotatable bonds is 7. The molecule has 0 bridgehead atoms. The quantitative estimate of drug-likeness (QED) is 0.384. The summed E-state index contributed by atoms with van der Waals surface area (Å²) in [5.41, 5.74) is 5.24. The van der Waals surface area contributed by atoms with Gasteiger partial charge in [0.05, 0.1) is 24.2 Å². The van der Waals surface area contributed by atoms with Gasteiger partial charge in [0.1, 0.15) is 5.75 Å². The first-order valence-electron chi connectivity index (χ1n) is 9.67. The Bertz CT molecular complexity index is 1200. The fourth-order valence-electron chi connectivity index (χ4n) is 3.17. The normalized spacial score (nSPS) is 10.8. The Balaban J connectivity index is 1.38. The molecule has 4 aromatic rings. The lowest BCUT2D eigenvalue weighted by Gasteiger charge is -2.11. The number of imidazole rings is 1. The zero-order chi connectivity index (χ0) is 21.8. The molecule has 2 aromatic carbocycles. The predicted octanol–water partition coefficient (Wildman–Crippen LogP) is 5.35. The molecule has 0 spiro atoms. The Morgan fingerprint density at radius 2 is 2.00 bits per heavy atom. The largest absolute Gasteiger partial charge is 0.497 e. The van der Waals surface area contributed by atoms with Crippen LogP contribution in [0.5, 0.6) is 5.75 Å². The highest BCUT2D eigenvalue weighted by atomic mass is 32.2. The van der Waals surface area contributed by atoms with Crippen LogP contribution in [0, 0.1) is 13.8 Å². The molecule has 1 N–H and O–H groups in total. The molecule has 0 unspecified atom stereocenters. The van der Waals surface area contributed by atoms with E-state index in [1.165, 1.54) is 28.7 Å². The summed E-state index contributed by atoms with van der Waals surface area (Å²) in [4.78, 5) is 21.4. The van der Waals surface area contributed by atoms with Crippen LogP contribution >= 0.6 is 23.1 Å². The maximum Gasteiger partial charge on any atom is 0.236 e. The van der Waals surface area contributed by atoms with Crippen molar-refractivity contribution in [2.45, 2.75) is 19.0 Å². The van der Waals surface area contributed by atoms with Crippen LogP contribution < -0.4 is 10.1 Å². The maximum atomic E-state index is 12.5. The second-order valence-electron chi connectivity index (χ2n) is 6.97. The minimum atomic E-state index is -0.115. The number of hydrogen-bond donors (Lipinski definition) is 1. The van der Waals surface area contributed by atoms with Gasteiger partial charge in [-0.25, -0.2) is 9.97 Å². The third-order valence-electron chi connectivity index (χ3n) is 4.69. The molecule has 0 radical (unpaired) electrons. The molecule has 4 rings (SSSR count). The van der Waals surface area contributed by atoms with Crippen molar-refractivity contribution in [1.29, 1.82) is 0 Å². The monoisotopic (exact) mass is 450 g/mol. The third kappa shape index (κ3) is 4.98. The fourth-order valence-corrected chi connectivity index (χ4v) is 4.67. The molecule has 0 fully saturated rings.